The maximum Gasteiger partial charge on any atom is 0.322 e. The van der Waals surface area contributed by atoms with Gasteiger partial charge in [0.25, 0.3) is 5.91 Å². The fourth-order valence-corrected chi connectivity index (χ4v) is 3.86. The van der Waals surface area contributed by atoms with E-state index in [4.69, 9.17) is 9.47 Å². The van der Waals surface area contributed by atoms with E-state index in [1.165, 1.54) is 14.2 Å². The number of nitrogens with zero attached hydrogens (tertiary/aromatic N) is 2. The Morgan fingerprint density at radius 3 is 2.37 bits per heavy atom. The first kappa shape index (κ1) is 21.7. The Balaban J connectivity index is 1.63. The summed E-state index contributed by atoms with van der Waals surface area (Å²) in [6.45, 7) is 5.11. The minimum Gasteiger partial charge on any atom is -0.493 e. The normalized spacial score (nSPS) is 23.8. The molecule has 2 saturated heterocycles. The van der Waals surface area contributed by atoms with E-state index in [2.05, 4.69) is 15.5 Å². The number of amides is 4. The number of ether oxygens (including phenoxy) is 2. The van der Waals surface area contributed by atoms with Crippen LogP contribution >= 0.6 is 0 Å². The Bertz CT molecular complexity index is 839. The summed E-state index contributed by atoms with van der Waals surface area (Å²) in [6.07, 6.45) is 0.374. The molecule has 4 amide bonds. The number of nitrogens with one attached hydrogen (secondary N) is 2. The van der Waals surface area contributed by atoms with Gasteiger partial charge in [-0.25, -0.2) is 4.79 Å². The second kappa shape index (κ2) is 8.37. The molecule has 3 rings (SSSR count). The molecule has 2 aliphatic rings. The van der Waals surface area contributed by atoms with E-state index in [1.807, 2.05) is 6.92 Å². The zero-order valence-electron chi connectivity index (χ0n) is 17.6. The van der Waals surface area contributed by atoms with E-state index in [9.17, 15) is 18.8 Å². The Labute approximate surface area is 174 Å². The van der Waals surface area contributed by atoms with Gasteiger partial charge in [-0.05, 0) is 20.3 Å². The van der Waals surface area contributed by atoms with Crippen LogP contribution in [0.2, 0.25) is 0 Å². The Kier molecular flexibility index (Phi) is 6.04. The van der Waals surface area contributed by atoms with Gasteiger partial charge in [0.05, 0.1) is 14.2 Å². The Morgan fingerprint density at radius 2 is 1.87 bits per heavy atom. The van der Waals surface area contributed by atoms with Gasteiger partial charge < -0.3 is 24.6 Å². The van der Waals surface area contributed by atoms with Gasteiger partial charge in [0, 0.05) is 49.9 Å². The summed E-state index contributed by atoms with van der Waals surface area (Å²) in [7, 11) is 2.80. The van der Waals surface area contributed by atoms with Crippen molar-refractivity contribution in [2.45, 2.75) is 38.3 Å². The number of rotatable bonds is 6. The smallest absolute Gasteiger partial charge is 0.322 e. The van der Waals surface area contributed by atoms with Crippen LogP contribution in [0.15, 0.2) is 12.1 Å². The third-order valence-corrected chi connectivity index (χ3v) is 5.70. The highest BCUT2D eigenvalue weighted by atomic mass is 19.1. The molecule has 2 heterocycles. The summed E-state index contributed by atoms with van der Waals surface area (Å²) < 4.78 is 24.4. The summed E-state index contributed by atoms with van der Waals surface area (Å²) in [5, 5.41) is 4.77. The molecule has 2 N–H and O–H groups in total. The van der Waals surface area contributed by atoms with Crippen molar-refractivity contribution in [3.63, 3.8) is 0 Å². The van der Waals surface area contributed by atoms with Crippen LogP contribution in [0.25, 0.3) is 0 Å². The Morgan fingerprint density at radius 1 is 1.23 bits per heavy atom. The maximum absolute atomic E-state index is 14.2. The van der Waals surface area contributed by atoms with Crippen molar-refractivity contribution in [3.8, 4) is 11.5 Å². The van der Waals surface area contributed by atoms with Crippen molar-refractivity contribution in [2.75, 3.05) is 38.8 Å². The van der Waals surface area contributed by atoms with Gasteiger partial charge in [0.2, 0.25) is 11.7 Å². The van der Waals surface area contributed by atoms with Gasteiger partial charge >= 0.3 is 6.03 Å². The number of benzene rings is 1. The van der Waals surface area contributed by atoms with Crippen LogP contribution in [0.3, 0.4) is 0 Å². The van der Waals surface area contributed by atoms with Gasteiger partial charge in [0.15, 0.2) is 11.5 Å². The molecule has 9 nitrogen and oxygen atoms in total. The molecule has 0 aliphatic carbocycles. The average molecular weight is 422 g/mol. The lowest BCUT2D eigenvalue weighted by molar-refractivity contribution is -0.132. The molecule has 0 radical (unpaired) electrons. The van der Waals surface area contributed by atoms with Crippen molar-refractivity contribution in [2.24, 2.45) is 0 Å². The number of carbonyl (C=O) groups is 3. The summed E-state index contributed by atoms with van der Waals surface area (Å²) in [4.78, 5) is 39.8. The first-order valence-corrected chi connectivity index (χ1v) is 9.78. The second-order valence-corrected chi connectivity index (χ2v) is 7.79. The third kappa shape index (κ3) is 4.12. The van der Waals surface area contributed by atoms with Gasteiger partial charge in [-0.2, -0.15) is 4.39 Å². The molecule has 1 aromatic carbocycles. The third-order valence-electron chi connectivity index (χ3n) is 5.70. The predicted molar refractivity (Wildman–Crippen MR) is 107 cm³/mol. The quantitative estimate of drug-likeness (QED) is 0.670. The SMILES string of the molecule is COc1cc(N2CCN(C(=O)CC[C@@]3(C)NC(=O)NC3=O)C[C@@H]2C)cc(OC)c1F. The standard InChI is InChI=1S/C20H27FN4O5/c1-12-11-24(16(26)5-6-20(2)18(27)22-19(28)23-20)7-8-25(12)13-9-14(29-3)17(21)15(10-13)30-4/h9-10,12H,5-8,11H2,1-4H3,(H2,22,23,27,28)/t12-,20+/m0/s1. The van der Waals surface area contributed by atoms with Crippen molar-refractivity contribution in [3.05, 3.63) is 17.9 Å². The van der Waals surface area contributed by atoms with Crippen molar-refractivity contribution >= 4 is 23.5 Å². The largest absolute Gasteiger partial charge is 0.493 e. The fourth-order valence-electron chi connectivity index (χ4n) is 3.86. The number of methoxy groups -OCH3 is 2. The number of halogens is 1. The summed E-state index contributed by atoms with van der Waals surface area (Å²) in [5.41, 5.74) is -0.316. The van der Waals surface area contributed by atoms with Crippen LogP contribution in [-0.4, -0.2) is 68.2 Å². The lowest BCUT2D eigenvalue weighted by atomic mass is 9.95. The first-order valence-electron chi connectivity index (χ1n) is 9.78. The summed E-state index contributed by atoms with van der Waals surface area (Å²) in [5.74, 6) is -0.856. The van der Waals surface area contributed by atoms with Crippen molar-refractivity contribution in [1.82, 2.24) is 15.5 Å². The Hall–Kier alpha value is -3.04. The number of carbonyl (C=O) groups excluding carboxylic acids is 3. The van der Waals surface area contributed by atoms with Gasteiger partial charge in [-0.15, -0.1) is 0 Å². The fraction of sp³-hybridized carbons (Fsp3) is 0.550. The van der Waals surface area contributed by atoms with Gasteiger partial charge in [0.1, 0.15) is 5.54 Å². The lowest BCUT2D eigenvalue weighted by Gasteiger charge is -2.41. The van der Waals surface area contributed by atoms with E-state index in [1.54, 1.807) is 24.0 Å². The average Bonchev–Trinajstić information content (AvgIpc) is 2.98. The zero-order chi connectivity index (χ0) is 22.1. The van der Waals surface area contributed by atoms with Crippen LogP contribution in [0.1, 0.15) is 26.7 Å². The highest BCUT2D eigenvalue weighted by Gasteiger charge is 2.42. The number of hydrogen-bond donors (Lipinski definition) is 2. The molecule has 0 unspecified atom stereocenters. The molecule has 10 heteroatoms. The molecule has 30 heavy (non-hydrogen) atoms. The number of imide groups is 1. The monoisotopic (exact) mass is 422 g/mol. The van der Waals surface area contributed by atoms with Crippen LogP contribution in [0.5, 0.6) is 11.5 Å². The number of piperazine rings is 1. The second-order valence-electron chi connectivity index (χ2n) is 7.79. The van der Waals surface area contributed by atoms with Crippen LogP contribution in [0.4, 0.5) is 14.9 Å². The van der Waals surface area contributed by atoms with Crippen molar-refractivity contribution < 1.29 is 28.2 Å². The molecule has 0 aromatic heterocycles. The number of hydrogen-bond acceptors (Lipinski definition) is 6. The summed E-state index contributed by atoms with van der Waals surface area (Å²) in [6, 6.07) is 2.68. The van der Waals surface area contributed by atoms with Gasteiger partial charge in [-0.3, -0.25) is 14.9 Å². The van der Waals surface area contributed by atoms with Crippen LogP contribution in [-0.2, 0) is 9.59 Å². The number of anilines is 1. The van der Waals surface area contributed by atoms with Crippen molar-refractivity contribution in [1.29, 1.82) is 0 Å². The number of urea groups is 1. The van der Waals surface area contributed by atoms with E-state index < -0.39 is 23.3 Å². The van der Waals surface area contributed by atoms with E-state index in [0.29, 0.717) is 19.6 Å². The molecule has 1 aromatic rings. The van der Waals surface area contributed by atoms with Crippen LogP contribution < -0.4 is 25.0 Å². The minimum atomic E-state index is -1.07. The highest BCUT2D eigenvalue weighted by molar-refractivity contribution is 6.06. The van der Waals surface area contributed by atoms with Gasteiger partial charge in [-0.1, -0.05) is 0 Å². The van der Waals surface area contributed by atoms with E-state index in [0.717, 1.165) is 5.69 Å². The molecule has 2 atom stereocenters. The first-order chi connectivity index (χ1) is 14.2. The van der Waals surface area contributed by atoms with E-state index >= 15 is 0 Å². The molecule has 0 spiro atoms. The molecule has 2 fully saturated rings. The molecular formula is C20H27FN4O5. The molecule has 0 bridgehead atoms. The molecule has 0 saturated carbocycles. The topological polar surface area (TPSA) is 100 Å². The summed E-state index contributed by atoms with van der Waals surface area (Å²) >= 11 is 0. The van der Waals surface area contributed by atoms with E-state index in [-0.39, 0.29) is 36.3 Å². The lowest BCUT2D eigenvalue weighted by Crippen LogP contribution is -2.54. The molecular weight excluding hydrogens is 395 g/mol. The van der Waals surface area contributed by atoms with Crippen LogP contribution in [0, 0.1) is 5.82 Å². The molecule has 2 aliphatic heterocycles. The molecule has 164 valence electrons. The predicted octanol–water partition coefficient (Wildman–Crippen LogP) is 1.26. The minimum absolute atomic E-state index is 0.0207. The highest BCUT2D eigenvalue weighted by Crippen LogP contribution is 2.34. The maximum atomic E-state index is 14.2. The zero-order valence-corrected chi connectivity index (χ0v) is 17.6.